The number of benzene rings is 1. The topological polar surface area (TPSA) is 171 Å². The van der Waals surface area contributed by atoms with Crippen LogP contribution in [0.25, 0.3) is 22.3 Å². The number of ether oxygens (including phenoxy) is 11. The molecule has 16 heteroatoms. The molecule has 0 saturated carbocycles. The number of para-hydroxylation sites is 1. The maximum atomic E-state index is 13.7. The lowest BCUT2D eigenvalue weighted by atomic mass is 9.85. The van der Waals surface area contributed by atoms with E-state index in [1.807, 2.05) is 30.3 Å². The van der Waals surface area contributed by atoms with Crippen LogP contribution in [-0.2, 0) is 75.7 Å². The Hall–Kier alpha value is -4.00. The van der Waals surface area contributed by atoms with Crippen molar-refractivity contribution >= 4 is 23.0 Å². The number of carbonyl (C=O) groups excluding carboxylic acids is 2. The van der Waals surface area contributed by atoms with E-state index in [4.69, 9.17) is 57.1 Å². The van der Waals surface area contributed by atoms with Gasteiger partial charge in [-0.05, 0) is 24.6 Å². The summed E-state index contributed by atoms with van der Waals surface area (Å²) in [4.78, 5) is 44.5. The minimum atomic E-state index is -1.85. The third-order valence-electron chi connectivity index (χ3n) is 8.75. The molecule has 0 N–H and O–H groups in total. The van der Waals surface area contributed by atoms with Crippen LogP contribution in [0.3, 0.4) is 0 Å². The Balaban J connectivity index is 0.925. The van der Waals surface area contributed by atoms with Crippen LogP contribution in [0.15, 0.2) is 41.2 Å². The van der Waals surface area contributed by atoms with E-state index >= 15 is 0 Å². The van der Waals surface area contributed by atoms with Crippen LogP contribution >= 0.6 is 0 Å². The Bertz CT molecular complexity index is 1720. The molecule has 0 amide bonds. The van der Waals surface area contributed by atoms with E-state index in [1.165, 1.54) is 0 Å². The number of methoxy groups -OCH3 is 1. The van der Waals surface area contributed by atoms with E-state index in [9.17, 15) is 14.4 Å². The number of fused-ring (bicyclic) bond motifs is 5. The molecule has 0 fully saturated rings. The van der Waals surface area contributed by atoms with Crippen molar-refractivity contribution in [2.75, 3.05) is 113 Å². The SMILES string of the molecule is CC[C@@]1(OC(=O)OCCOCCOCCOCCOCCOCCOCCOCCOC)C(=O)OCc2c1cc1n(c2=O)Cc2cc3ccccc3nc2-1. The maximum absolute atomic E-state index is 13.7. The summed E-state index contributed by atoms with van der Waals surface area (Å²) in [5.41, 5.74) is 1.21. The predicted molar refractivity (Wildman–Crippen MR) is 192 cm³/mol. The molecule has 3 aromatic rings. The number of rotatable bonds is 26. The summed E-state index contributed by atoms with van der Waals surface area (Å²) in [6, 6.07) is 11.4. The second kappa shape index (κ2) is 21.8. The third-order valence-corrected chi connectivity index (χ3v) is 8.75. The van der Waals surface area contributed by atoms with Gasteiger partial charge in [0, 0.05) is 23.6 Å². The van der Waals surface area contributed by atoms with Crippen LogP contribution in [0.5, 0.6) is 0 Å². The van der Waals surface area contributed by atoms with Crippen LogP contribution in [0.4, 0.5) is 4.79 Å². The highest BCUT2D eigenvalue weighted by Crippen LogP contribution is 2.41. The largest absolute Gasteiger partial charge is 0.509 e. The van der Waals surface area contributed by atoms with E-state index in [0.717, 1.165) is 16.5 Å². The number of hydrogen-bond acceptors (Lipinski definition) is 15. The van der Waals surface area contributed by atoms with Crippen molar-refractivity contribution in [3.8, 4) is 11.4 Å². The molecule has 1 atom stereocenters. The van der Waals surface area contributed by atoms with E-state index in [1.54, 1.807) is 24.7 Å². The predicted octanol–water partition coefficient (Wildman–Crippen LogP) is 3.00. The van der Waals surface area contributed by atoms with Gasteiger partial charge in [0.2, 0.25) is 5.60 Å². The van der Waals surface area contributed by atoms with Crippen LogP contribution in [0.1, 0.15) is 30.0 Å². The van der Waals surface area contributed by atoms with E-state index in [2.05, 4.69) is 0 Å². The quantitative estimate of drug-likeness (QED) is 0.0676. The number of esters is 1. The second-order valence-electron chi connectivity index (χ2n) is 12.2. The fraction of sp³-hybridized carbons (Fsp3) is 0.579. The highest BCUT2D eigenvalue weighted by molar-refractivity contribution is 5.87. The first-order chi connectivity index (χ1) is 26.5. The molecular weight excluding hydrogens is 708 g/mol. The molecule has 5 rings (SSSR count). The molecule has 54 heavy (non-hydrogen) atoms. The van der Waals surface area contributed by atoms with Gasteiger partial charge >= 0.3 is 12.1 Å². The Labute approximate surface area is 313 Å². The van der Waals surface area contributed by atoms with Crippen molar-refractivity contribution in [1.82, 2.24) is 9.55 Å². The lowest BCUT2D eigenvalue weighted by Gasteiger charge is -2.35. The van der Waals surface area contributed by atoms with Gasteiger partial charge < -0.3 is 56.7 Å². The summed E-state index contributed by atoms with van der Waals surface area (Å²) in [7, 11) is 1.63. The highest BCUT2D eigenvalue weighted by atomic mass is 16.7. The van der Waals surface area contributed by atoms with E-state index < -0.39 is 17.7 Å². The average molecular weight is 759 g/mol. The zero-order valence-corrected chi connectivity index (χ0v) is 31.0. The van der Waals surface area contributed by atoms with Crippen molar-refractivity contribution in [2.24, 2.45) is 0 Å². The molecule has 0 spiro atoms. The van der Waals surface area contributed by atoms with Crippen LogP contribution in [-0.4, -0.2) is 134 Å². The van der Waals surface area contributed by atoms with Crippen LogP contribution in [0.2, 0.25) is 0 Å². The molecule has 2 aliphatic rings. The van der Waals surface area contributed by atoms with Crippen LogP contribution in [0, 0.1) is 0 Å². The van der Waals surface area contributed by atoms with E-state index in [0.29, 0.717) is 104 Å². The lowest BCUT2D eigenvalue weighted by molar-refractivity contribution is -0.175. The van der Waals surface area contributed by atoms with Crippen molar-refractivity contribution in [3.05, 3.63) is 63.4 Å². The number of hydrogen-bond donors (Lipinski definition) is 0. The van der Waals surface area contributed by atoms with Gasteiger partial charge in [0.25, 0.3) is 5.56 Å². The van der Waals surface area contributed by atoms with Gasteiger partial charge in [-0.3, -0.25) is 4.79 Å². The zero-order valence-electron chi connectivity index (χ0n) is 31.0. The fourth-order valence-electron chi connectivity index (χ4n) is 6.00. The molecule has 0 unspecified atom stereocenters. The van der Waals surface area contributed by atoms with Crippen molar-refractivity contribution < 1.29 is 61.7 Å². The molecule has 0 radical (unpaired) electrons. The molecule has 0 bridgehead atoms. The standard InChI is InChI=1S/C38H50N2O14/c1-3-38(31-25-33-34-29(24-28-6-4-5-7-32(28)39-34)26-40(33)35(41)30(31)27-53-36(38)42)54-37(43)52-23-22-51-21-20-50-19-18-49-17-16-48-15-14-47-13-12-46-11-10-45-9-8-44-2/h4-7,24-25H,3,8-23,26-27H2,1-2H3/t38-/m0/s1. The van der Waals surface area contributed by atoms with Gasteiger partial charge in [-0.1, -0.05) is 25.1 Å². The van der Waals surface area contributed by atoms with Gasteiger partial charge in [-0.15, -0.1) is 0 Å². The Morgan fingerprint density at radius 2 is 1.30 bits per heavy atom. The monoisotopic (exact) mass is 758 g/mol. The van der Waals surface area contributed by atoms with Crippen LogP contribution < -0.4 is 5.56 Å². The van der Waals surface area contributed by atoms with Crippen molar-refractivity contribution in [2.45, 2.75) is 32.1 Å². The molecule has 2 aromatic heterocycles. The fourth-order valence-corrected chi connectivity index (χ4v) is 6.00. The molecule has 0 aliphatic carbocycles. The Morgan fingerprint density at radius 3 is 1.85 bits per heavy atom. The molecule has 4 heterocycles. The second-order valence-corrected chi connectivity index (χ2v) is 12.2. The zero-order chi connectivity index (χ0) is 38.0. The molecular formula is C38H50N2O14. The first-order valence-electron chi connectivity index (χ1n) is 18.2. The number of nitrogens with zero attached hydrogens (tertiary/aromatic N) is 2. The summed E-state index contributed by atoms with van der Waals surface area (Å²) in [6.07, 6.45) is -1.06. The van der Waals surface area contributed by atoms with Gasteiger partial charge in [0.05, 0.1) is 128 Å². The molecule has 0 saturated heterocycles. The molecule has 16 nitrogen and oxygen atoms in total. The number of pyridine rings is 2. The minimum Gasteiger partial charge on any atom is -0.457 e. The number of aromatic nitrogens is 2. The number of carbonyl (C=O) groups is 2. The van der Waals surface area contributed by atoms with Gasteiger partial charge in [-0.25, -0.2) is 14.6 Å². The maximum Gasteiger partial charge on any atom is 0.509 e. The van der Waals surface area contributed by atoms with Crippen molar-refractivity contribution in [3.63, 3.8) is 0 Å². The van der Waals surface area contributed by atoms with Gasteiger partial charge in [0.15, 0.2) is 0 Å². The first kappa shape index (κ1) is 41.2. The lowest BCUT2D eigenvalue weighted by Crippen LogP contribution is -2.47. The smallest absolute Gasteiger partial charge is 0.457 e. The Kier molecular flexibility index (Phi) is 16.6. The summed E-state index contributed by atoms with van der Waals surface area (Å²) in [6.45, 7) is 8.12. The molecule has 1 aromatic carbocycles. The first-order valence-corrected chi connectivity index (χ1v) is 18.2. The highest BCUT2D eigenvalue weighted by Gasteiger charge is 2.51. The van der Waals surface area contributed by atoms with Gasteiger partial charge in [0.1, 0.15) is 13.2 Å². The normalized spacial score (nSPS) is 15.9. The van der Waals surface area contributed by atoms with E-state index in [-0.39, 0.29) is 49.5 Å². The third kappa shape index (κ3) is 11.0. The molecule has 2 aliphatic heterocycles. The summed E-state index contributed by atoms with van der Waals surface area (Å²) in [5.74, 6) is -0.771. The summed E-state index contributed by atoms with van der Waals surface area (Å²) < 4.78 is 60.9. The minimum absolute atomic E-state index is 0.0264. The van der Waals surface area contributed by atoms with Crippen molar-refractivity contribution in [1.29, 1.82) is 0 Å². The molecule has 296 valence electrons. The average Bonchev–Trinajstić information content (AvgIpc) is 3.54. The van der Waals surface area contributed by atoms with Gasteiger partial charge in [-0.2, -0.15) is 0 Å². The summed E-state index contributed by atoms with van der Waals surface area (Å²) in [5, 5.41) is 0.961. The summed E-state index contributed by atoms with van der Waals surface area (Å²) >= 11 is 0. The number of cyclic esters (lactones) is 1. The Morgan fingerprint density at radius 1 is 0.759 bits per heavy atom.